The van der Waals surface area contributed by atoms with E-state index >= 15 is 0 Å². The van der Waals surface area contributed by atoms with Crippen LogP contribution in [0.1, 0.15) is 5.56 Å². The van der Waals surface area contributed by atoms with Crippen LogP contribution in [-0.2, 0) is 0 Å². The van der Waals surface area contributed by atoms with Crippen LogP contribution in [0.25, 0.3) is 32.9 Å². The van der Waals surface area contributed by atoms with Crippen LogP contribution in [0.3, 0.4) is 0 Å². The summed E-state index contributed by atoms with van der Waals surface area (Å²) >= 11 is 5.50. The van der Waals surface area contributed by atoms with Crippen LogP contribution >= 0.6 is 12.2 Å². The molecule has 0 radical (unpaired) electrons. The van der Waals surface area contributed by atoms with Crippen molar-refractivity contribution in [3.8, 4) is 28.6 Å². The van der Waals surface area contributed by atoms with Crippen molar-refractivity contribution < 1.29 is 14.2 Å². The summed E-state index contributed by atoms with van der Waals surface area (Å²) in [7, 11) is 4.71. The highest BCUT2D eigenvalue weighted by molar-refractivity contribution is 7.71. The van der Waals surface area contributed by atoms with Gasteiger partial charge in [0.25, 0.3) is 0 Å². The maximum atomic E-state index is 5.50. The van der Waals surface area contributed by atoms with Gasteiger partial charge >= 0.3 is 0 Å². The largest absolute Gasteiger partial charge is 0.493 e. The van der Waals surface area contributed by atoms with E-state index in [1.165, 1.54) is 0 Å². The SMILES string of the molecule is COc1cc(-c2n[nH]c(=S)n2/N=C\c2c3ccccc3cc3ccccc23)cc(OC)c1OC. The van der Waals surface area contributed by atoms with Crippen LogP contribution < -0.4 is 14.2 Å². The van der Waals surface area contributed by atoms with Gasteiger partial charge < -0.3 is 14.2 Å². The van der Waals surface area contributed by atoms with Crippen molar-refractivity contribution in [3.05, 3.63) is 77.1 Å². The summed E-state index contributed by atoms with van der Waals surface area (Å²) in [5, 5.41) is 16.5. The minimum absolute atomic E-state index is 0.365. The lowest BCUT2D eigenvalue weighted by Gasteiger charge is -2.13. The molecule has 5 rings (SSSR count). The molecule has 0 aliphatic heterocycles. The van der Waals surface area contributed by atoms with E-state index in [4.69, 9.17) is 31.5 Å². The van der Waals surface area contributed by atoms with Crippen LogP contribution in [0.5, 0.6) is 17.2 Å². The second-order valence-electron chi connectivity index (χ2n) is 7.56. The first-order chi connectivity index (χ1) is 16.6. The Bertz CT molecular complexity index is 1520. The van der Waals surface area contributed by atoms with E-state index in [0.29, 0.717) is 33.4 Å². The molecule has 0 aliphatic rings. The summed E-state index contributed by atoms with van der Waals surface area (Å²) in [4.78, 5) is 0. The monoisotopic (exact) mass is 470 g/mol. The predicted molar refractivity (Wildman–Crippen MR) is 137 cm³/mol. The first-order valence-corrected chi connectivity index (χ1v) is 11.0. The quantitative estimate of drug-likeness (QED) is 0.192. The first-order valence-electron chi connectivity index (χ1n) is 10.6. The van der Waals surface area contributed by atoms with E-state index < -0.39 is 0 Å². The molecule has 0 saturated carbocycles. The topological polar surface area (TPSA) is 73.7 Å². The number of hydrogen-bond acceptors (Lipinski definition) is 6. The van der Waals surface area contributed by atoms with E-state index in [1.54, 1.807) is 26.0 Å². The summed E-state index contributed by atoms with van der Waals surface area (Å²) in [5.41, 5.74) is 1.72. The summed E-state index contributed by atoms with van der Waals surface area (Å²) in [6.45, 7) is 0. The lowest BCUT2D eigenvalue weighted by Crippen LogP contribution is -1.99. The summed E-state index contributed by atoms with van der Waals surface area (Å²) < 4.78 is 18.4. The Morgan fingerprint density at radius 1 is 0.853 bits per heavy atom. The smallest absolute Gasteiger partial charge is 0.216 e. The van der Waals surface area contributed by atoms with Crippen LogP contribution in [0, 0.1) is 4.77 Å². The molecule has 0 aliphatic carbocycles. The molecule has 0 amide bonds. The third-order valence-corrected chi connectivity index (χ3v) is 5.95. The van der Waals surface area contributed by atoms with Gasteiger partial charge in [0.15, 0.2) is 17.3 Å². The Morgan fingerprint density at radius 2 is 1.44 bits per heavy atom. The van der Waals surface area contributed by atoms with Gasteiger partial charge in [0.1, 0.15) is 0 Å². The number of ether oxygens (including phenoxy) is 3. The van der Waals surface area contributed by atoms with Crippen LogP contribution in [-0.4, -0.2) is 42.4 Å². The number of rotatable bonds is 6. The molecule has 34 heavy (non-hydrogen) atoms. The maximum Gasteiger partial charge on any atom is 0.216 e. The predicted octanol–water partition coefficient (Wildman–Crippen LogP) is 5.82. The maximum absolute atomic E-state index is 5.50. The van der Waals surface area contributed by atoms with E-state index in [2.05, 4.69) is 40.5 Å². The molecule has 0 bridgehead atoms. The van der Waals surface area contributed by atoms with Gasteiger partial charge in [-0.05, 0) is 52.0 Å². The Labute approximate surface area is 201 Å². The highest BCUT2D eigenvalue weighted by Crippen LogP contribution is 2.40. The van der Waals surface area contributed by atoms with E-state index in [0.717, 1.165) is 27.1 Å². The molecular formula is C26H22N4O3S. The van der Waals surface area contributed by atoms with Crippen molar-refractivity contribution in [2.24, 2.45) is 5.10 Å². The standard InChI is InChI=1S/C26H22N4O3S/c1-31-22-13-18(14-23(32-2)24(22)33-3)25-28-29-26(34)30(25)27-15-21-19-10-6-4-8-16(19)12-17-9-5-7-11-20(17)21/h4-15H,1-3H3,(H,29,34)/b27-15-. The zero-order valence-corrected chi connectivity index (χ0v) is 19.7. The van der Waals surface area contributed by atoms with Gasteiger partial charge in [-0.2, -0.15) is 14.9 Å². The first kappa shape index (κ1) is 21.7. The Hall–Kier alpha value is -4.17. The second-order valence-corrected chi connectivity index (χ2v) is 7.94. The minimum atomic E-state index is 0.365. The molecule has 4 aromatic carbocycles. The molecule has 7 nitrogen and oxygen atoms in total. The summed E-state index contributed by atoms with van der Waals surface area (Å²) in [6, 6.07) is 22.3. The molecular weight excluding hydrogens is 448 g/mol. The molecule has 0 saturated heterocycles. The van der Waals surface area contributed by atoms with Crippen molar-refractivity contribution >= 4 is 40.0 Å². The van der Waals surface area contributed by atoms with Gasteiger partial charge in [0.2, 0.25) is 10.5 Å². The zero-order valence-electron chi connectivity index (χ0n) is 18.9. The van der Waals surface area contributed by atoms with Gasteiger partial charge in [-0.3, -0.25) is 0 Å². The van der Waals surface area contributed by atoms with E-state index in [1.807, 2.05) is 42.6 Å². The molecule has 0 atom stereocenters. The van der Waals surface area contributed by atoms with Gasteiger partial charge in [-0.25, -0.2) is 5.10 Å². The fourth-order valence-corrected chi connectivity index (χ4v) is 4.28. The van der Waals surface area contributed by atoms with Gasteiger partial charge in [0.05, 0.1) is 27.5 Å². The number of benzene rings is 4. The lowest BCUT2D eigenvalue weighted by atomic mass is 9.97. The number of fused-ring (bicyclic) bond motifs is 2. The average molecular weight is 471 g/mol. The fraction of sp³-hybridized carbons (Fsp3) is 0.115. The van der Waals surface area contributed by atoms with Gasteiger partial charge in [-0.1, -0.05) is 48.5 Å². The van der Waals surface area contributed by atoms with Crippen molar-refractivity contribution in [3.63, 3.8) is 0 Å². The van der Waals surface area contributed by atoms with Crippen molar-refractivity contribution in [1.82, 2.24) is 14.9 Å². The number of hydrogen-bond donors (Lipinski definition) is 1. The number of methoxy groups -OCH3 is 3. The molecule has 0 fully saturated rings. The lowest BCUT2D eigenvalue weighted by molar-refractivity contribution is 0.324. The average Bonchev–Trinajstić information content (AvgIpc) is 3.25. The molecule has 1 heterocycles. The summed E-state index contributed by atoms with van der Waals surface area (Å²) in [5.74, 6) is 2.05. The normalized spacial score (nSPS) is 11.4. The molecule has 0 unspecified atom stereocenters. The van der Waals surface area contributed by atoms with Crippen LogP contribution in [0.4, 0.5) is 0 Å². The third kappa shape index (κ3) is 3.68. The number of H-pyrrole nitrogens is 1. The number of aromatic nitrogens is 3. The minimum Gasteiger partial charge on any atom is -0.493 e. The third-order valence-electron chi connectivity index (χ3n) is 5.69. The molecule has 1 N–H and O–H groups in total. The van der Waals surface area contributed by atoms with Crippen molar-refractivity contribution in [2.75, 3.05) is 21.3 Å². The highest BCUT2D eigenvalue weighted by Gasteiger charge is 2.17. The molecule has 0 spiro atoms. The molecule has 8 heteroatoms. The molecule has 1 aromatic heterocycles. The zero-order chi connectivity index (χ0) is 23.7. The number of aromatic amines is 1. The molecule has 5 aromatic rings. The fourth-order valence-electron chi connectivity index (χ4n) is 4.10. The van der Waals surface area contributed by atoms with Crippen LogP contribution in [0.15, 0.2) is 71.8 Å². The van der Waals surface area contributed by atoms with E-state index in [-0.39, 0.29) is 0 Å². The summed E-state index contributed by atoms with van der Waals surface area (Å²) in [6.07, 6.45) is 1.83. The van der Waals surface area contributed by atoms with Gasteiger partial charge in [0, 0.05) is 11.1 Å². The number of nitrogens with zero attached hydrogens (tertiary/aromatic N) is 3. The Morgan fingerprint density at radius 3 is 2.00 bits per heavy atom. The second kappa shape index (κ2) is 8.99. The number of nitrogens with one attached hydrogen (secondary N) is 1. The van der Waals surface area contributed by atoms with Crippen molar-refractivity contribution in [1.29, 1.82) is 0 Å². The van der Waals surface area contributed by atoms with Crippen LogP contribution in [0.2, 0.25) is 0 Å². The molecule has 170 valence electrons. The Balaban J connectivity index is 1.68. The Kier molecular flexibility index (Phi) is 5.73. The van der Waals surface area contributed by atoms with Gasteiger partial charge in [-0.15, -0.1) is 0 Å². The van der Waals surface area contributed by atoms with E-state index in [9.17, 15) is 0 Å². The van der Waals surface area contributed by atoms with Crippen molar-refractivity contribution in [2.45, 2.75) is 0 Å². The highest BCUT2D eigenvalue weighted by atomic mass is 32.1.